The number of carbonyl (C=O) groups is 1. The highest BCUT2D eigenvalue weighted by Gasteiger charge is 2.29. The summed E-state index contributed by atoms with van der Waals surface area (Å²) in [6.07, 6.45) is -4.29. The summed E-state index contributed by atoms with van der Waals surface area (Å²) in [7, 11) is 0. The molecule has 13 heavy (non-hydrogen) atoms. The number of hydrogen-bond acceptors (Lipinski definition) is 1. The predicted molar refractivity (Wildman–Crippen MR) is 44.4 cm³/mol. The van der Waals surface area contributed by atoms with E-state index in [1.807, 2.05) is 13.8 Å². The third-order valence-electron chi connectivity index (χ3n) is 2.10. The molecule has 0 saturated heterocycles. The van der Waals surface area contributed by atoms with E-state index in [2.05, 4.69) is 0 Å². The van der Waals surface area contributed by atoms with Crippen molar-refractivity contribution in [2.45, 2.75) is 45.7 Å². The van der Waals surface area contributed by atoms with Crippen molar-refractivity contribution in [2.24, 2.45) is 5.92 Å². The number of alkyl halides is 3. The van der Waals surface area contributed by atoms with Crippen molar-refractivity contribution < 1.29 is 18.0 Å². The molecule has 78 valence electrons. The smallest absolute Gasteiger partial charge is 0.299 e. The van der Waals surface area contributed by atoms with Gasteiger partial charge in [-0.2, -0.15) is 13.2 Å². The van der Waals surface area contributed by atoms with Crippen molar-refractivity contribution in [3.63, 3.8) is 0 Å². The first-order valence-corrected chi connectivity index (χ1v) is 4.50. The standard InChI is InChI=1S/C9H15F3O/c1-3-7(4-2)8(13)5-6-9(10,11)12/h7H,3-6H2,1-2H3. The highest BCUT2D eigenvalue weighted by molar-refractivity contribution is 5.80. The Hall–Kier alpha value is -0.540. The highest BCUT2D eigenvalue weighted by Crippen LogP contribution is 2.23. The predicted octanol–water partition coefficient (Wildman–Crippen LogP) is 3.33. The van der Waals surface area contributed by atoms with Gasteiger partial charge < -0.3 is 0 Å². The molecule has 0 amide bonds. The minimum absolute atomic E-state index is 0.192. The SMILES string of the molecule is CCC(CC)C(=O)CCC(F)(F)F. The van der Waals surface area contributed by atoms with Gasteiger partial charge in [0.25, 0.3) is 0 Å². The fraction of sp³-hybridized carbons (Fsp3) is 0.889. The molecule has 0 aromatic carbocycles. The van der Waals surface area contributed by atoms with Crippen molar-refractivity contribution in [1.29, 1.82) is 0 Å². The molecule has 0 unspecified atom stereocenters. The first-order valence-electron chi connectivity index (χ1n) is 4.50. The van der Waals surface area contributed by atoms with Crippen molar-refractivity contribution in [3.05, 3.63) is 0 Å². The van der Waals surface area contributed by atoms with Crippen LogP contribution >= 0.6 is 0 Å². The number of rotatable bonds is 5. The Morgan fingerprint density at radius 2 is 1.69 bits per heavy atom. The average Bonchev–Trinajstić information content (AvgIpc) is 2.02. The van der Waals surface area contributed by atoms with Crippen LogP contribution in [0, 0.1) is 5.92 Å². The molecule has 0 aliphatic carbocycles. The van der Waals surface area contributed by atoms with Crippen LogP contribution in [0.25, 0.3) is 0 Å². The maximum Gasteiger partial charge on any atom is 0.389 e. The largest absolute Gasteiger partial charge is 0.389 e. The van der Waals surface area contributed by atoms with Crippen LogP contribution in [0.5, 0.6) is 0 Å². The number of halogens is 3. The first-order chi connectivity index (χ1) is 5.90. The molecule has 0 spiro atoms. The lowest BCUT2D eigenvalue weighted by molar-refractivity contribution is -0.144. The molecule has 0 fully saturated rings. The van der Waals surface area contributed by atoms with Crippen molar-refractivity contribution >= 4 is 5.78 Å². The lowest BCUT2D eigenvalue weighted by Crippen LogP contribution is -2.16. The Kier molecular flexibility index (Phi) is 5.03. The molecule has 0 saturated carbocycles. The lowest BCUT2D eigenvalue weighted by Gasteiger charge is -2.11. The van der Waals surface area contributed by atoms with Gasteiger partial charge in [-0.3, -0.25) is 4.79 Å². The van der Waals surface area contributed by atoms with Crippen LogP contribution in [0.4, 0.5) is 13.2 Å². The molecule has 0 heterocycles. The Balaban J connectivity index is 3.86. The summed E-state index contributed by atoms with van der Waals surface area (Å²) in [6, 6.07) is 0. The molecule has 0 aliphatic heterocycles. The van der Waals surface area contributed by atoms with Gasteiger partial charge in [-0.1, -0.05) is 13.8 Å². The molecular formula is C9H15F3O. The number of ketones is 1. The molecular weight excluding hydrogens is 181 g/mol. The molecule has 0 aromatic heterocycles. The second-order valence-electron chi connectivity index (χ2n) is 3.09. The molecule has 0 bridgehead atoms. The Morgan fingerprint density at radius 3 is 2.00 bits per heavy atom. The van der Waals surface area contributed by atoms with Crippen molar-refractivity contribution in [1.82, 2.24) is 0 Å². The van der Waals surface area contributed by atoms with E-state index in [1.54, 1.807) is 0 Å². The van der Waals surface area contributed by atoms with Crippen LogP contribution < -0.4 is 0 Å². The summed E-state index contributed by atoms with van der Waals surface area (Å²) in [5, 5.41) is 0. The number of Topliss-reactive ketones (excluding diaryl/α,β-unsaturated/α-hetero) is 1. The molecule has 1 nitrogen and oxygen atoms in total. The second kappa shape index (κ2) is 5.25. The normalized spacial score (nSPS) is 12.2. The Morgan fingerprint density at radius 1 is 1.23 bits per heavy atom. The summed E-state index contributed by atoms with van der Waals surface area (Å²) in [4.78, 5) is 11.2. The number of hydrogen-bond donors (Lipinski definition) is 0. The highest BCUT2D eigenvalue weighted by atomic mass is 19.4. The molecule has 0 atom stereocenters. The van der Waals surface area contributed by atoms with Crippen LogP contribution in [-0.2, 0) is 4.79 Å². The zero-order valence-corrected chi connectivity index (χ0v) is 7.95. The fourth-order valence-electron chi connectivity index (χ4n) is 1.21. The summed E-state index contributed by atoms with van der Waals surface area (Å²) >= 11 is 0. The zero-order valence-electron chi connectivity index (χ0n) is 7.95. The van der Waals surface area contributed by atoms with E-state index in [1.165, 1.54) is 0 Å². The summed E-state index contributed by atoms with van der Waals surface area (Å²) in [5.74, 6) is -0.454. The van der Waals surface area contributed by atoms with Gasteiger partial charge in [-0.25, -0.2) is 0 Å². The van der Waals surface area contributed by atoms with Gasteiger partial charge in [0.15, 0.2) is 0 Å². The van der Waals surface area contributed by atoms with E-state index < -0.39 is 12.6 Å². The molecule has 0 aromatic rings. The third-order valence-corrected chi connectivity index (χ3v) is 2.10. The van der Waals surface area contributed by atoms with Crippen LogP contribution in [0.3, 0.4) is 0 Å². The topological polar surface area (TPSA) is 17.1 Å². The van der Waals surface area contributed by atoms with Crippen LogP contribution in [0.2, 0.25) is 0 Å². The van der Waals surface area contributed by atoms with Gasteiger partial charge in [0.1, 0.15) is 5.78 Å². The van der Waals surface area contributed by atoms with Gasteiger partial charge in [0, 0.05) is 12.3 Å². The summed E-state index contributed by atoms with van der Waals surface area (Å²) < 4.78 is 35.2. The van der Waals surface area contributed by atoms with E-state index in [4.69, 9.17) is 0 Å². The minimum Gasteiger partial charge on any atom is -0.299 e. The molecule has 4 heteroatoms. The maximum absolute atomic E-state index is 11.7. The van der Waals surface area contributed by atoms with Crippen LogP contribution in [-0.4, -0.2) is 12.0 Å². The van der Waals surface area contributed by atoms with Gasteiger partial charge >= 0.3 is 6.18 Å². The van der Waals surface area contributed by atoms with Gasteiger partial charge in [0.2, 0.25) is 0 Å². The summed E-state index contributed by atoms with van der Waals surface area (Å²) in [6.45, 7) is 3.64. The summed E-state index contributed by atoms with van der Waals surface area (Å²) in [5.41, 5.74) is 0. The number of carbonyl (C=O) groups excluding carboxylic acids is 1. The van der Waals surface area contributed by atoms with E-state index in [9.17, 15) is 18.0 Å². The van der Waals surface area contributed by atoms with Gasteiger partial charge in [0.05, 0.1) is 6.42 Å². The quantitative estimate of drug-likeness (QED) is 0.659. The van der Waals surface area contributed by atoms with E-state index >= 15 is 0 Å². The van der Waals surface area contributed by atoms with Gasteiger partial charge in [-0.15, -0.1) is 0 Å². The molecule has 0 radical (unpaired) electrons. The van der Waals surface area contributed by atoms with Crippen molar-refractivity contribution in [3.8, 4) is 0 Å². The third kappa shape index (κ3) is 5.66. The molecule has 0 rings (SSSR count). The Bertz CT molecular complexity index is 159. The molecule has 0 aliphatic rings. The van der Waals surface area contributed by atoms with Crippen molar-refractivity contribution in [2.75, 3.05) is 0 Å². The fourth-order valence-corrected chi connectivity index (χ4v) is 1.21. The van der Waals surface area contributed by atoms with E-state index in [0.29, 0.717) is 12.8 Å². The average molecular weight is 196 g/mol. The van der Waals surface area contributed by atoms with E-state index in [-0.39, 0.29) is 18.1 Å². The zero-order chi connectivity index (χ0) is 10.5. The van der Waals surface area contributed by atoms with Crippen LogP contribution in [0.1, 0.15) is 39.5 Å². The first kappa shape index (κ1) is 12.5. The monoisotopic (exact) mass is 196 g/mol. The van der Waals surface area contributed by atoms with E-state index in [0.717, 1.165) is 0 Å². The maximum atomic E-state index is 11.7. The van der Waals surface area contributed by atoms with Gasteiger partial charge in [-0.05, 0) is 12.8 Å². The second-order valence-corrected chi connectivity index (χ2v) is 3.09. The molecule has 0 N–H and O–H groups in total. The van der Waals surface area contributed by atoms with Crippen LogP contribution in [0.15, 0.2) is 0 Å². The minimum atomic E-state index is -4.21. The lowest BCUT2D eigenvalue weighted by atomic mass is 9.95. The Labute approximate surface area is 76.3 Å².